The second kappa shape index (κ2) is 5.75. The van der Waals surface area contributed by atoms with Gasteiger partial charge in [-0.25, -0.2) is 0 Å². The van der Waals surface area contributed by atoms with E-state index < -0.39 is 0 Å². The van der Waals surface area contributed by atoms with Crippen molar-refractivity contribution in [2.75, 3.05) is 0 Å². The number of fused-ring (bicyclic) bond motifs is 3. The van der Waals surface area contributed by atoms with Crippen molar-refractivity contribution in [1.82, 2.24) is 0 Å². The van der Waals surface area contributed by atoms with Gasteiger partial charge in [0.25, 0.3) is 0 Å². The second-order valence-corrected chi connectivity index (χ2v) is 6.52. The summed E-state index contributed by atoms with van der Waals surface area (Å²) in [6, 6.07) is 28.3. The molecule has 3 aromatic rings. The average Bonchev–Trinajstić information content (AvgIpc) is 3.03. The van der Waals surface area contributed by atoms with Crippen molar-refractivity contribution >= 4 is 11.1 Å². The quantitative estimate of drug-likeness (QED) is 0.375. The molecule has 0 amide bonds. The molecule has 2 aliphatic carbocycles. The normalized spacial score (nSPS) is 15.0. The van der Waals surface area contributed by atoms with Gasteiger partial charge in [0.2, 0.25) is 0 Å². The molecule has 5 rings (SSSR count). The highest BCUT2D eigenvalue weighted by molar-refractivity contribution is 6.07. The summed E-state index contributed by atoms with van der Waals surface area (Å²) >= 11 is 0. The minimum Gasteiger partial charge on any atom is -0.0801 e. The van der Waals surface area contributed by atoms with Crippen molar-refractivity contribution in [2.45, 2.75) is 6.42 Å². The van der Waals surface area contributed by atoms with E-state index in [0.717, 1.165) is 6.42 Å². The van der Waals surface area contributed by atoms with E-state index in [0.29, 0.717) is 0 Å². The number of rotatable bonds is 1. The Morgan fingerprint density at radius 2 is 1.12 bits per heavy atom. The van der Waals surface area contributed by atoms with Crippen molar-refractivity contribution in [2.24, 2.45) is 0 Å². The van der Waals surface area contributed by atoms with Crippen LogP contribution in [0.4, 0.5) is 0 Å². The van der Waals surface area contributed by atoms with Crippen LogP contribution in [-0.2, 0) is 0 Å². The Hall–Kier alpha value is -3.12. The molecule has 0 heteroatoms. The predicted molar refractivity (Wildman–Crippen MR) is 106 cm³/mol. The molecule has 0 atom stereocenters. The summed E-state index contributed by atoms with van der Waals surface area (Å²) in [5, 5.41) is 0. The van der Waals surface area contributed by atoms with Crippen LogP contribution in [0.5, 0.6) is 0 Å². The van der Waals surface area contributed by atoms with Crippen molar-refractivity contribution in [1.29, 1.82) is 0 Å². The van der Waals surface area contributed by atoms with Gasteiger partial charge >= 0.3 is 0 Å². The third-order valence-corrected chi connectivity index (χ3v) is 5.12. The van der Waals surface area contributed by atoms with Crippen LogP contribution in [0.25, 0.3) is 22.3 Å². The Bertz CT molecular complexity index is 999. The molecule has 0 radical (unpaired) electrons. The first-order chi connectivity index (χ1) is 12.4. The van der Waals surface area contributed by atoms with E-state index in [2.05, 4.69) is 97.1 Å². The zero-order valence-electron chi connectivity index (χ0n) is 13.9. The SMILES string of the molecule is C1=CCC(=C2c3ccccc3-c3ccccc32)C(c2ccccc2)=C1. The molecule has 0 aromatic heterocycles. The van der Waals surface area contributed by atoms with Crippen LogP contribution >= 0.6 is 0 Å². The minimum atomic E-state index is 0.971. The fourth-order valence-electron chi connectivity index (χ4n) is 4.03. The maximum Gasteiger partial charge on any atom is -0.00575 e. The molecule has 0 heterocycles. The topological polar surface area (TPSA) is 0 Å². The minimum absolute atomic E-state index is 0.971. The Balaban J connectivity index is 1.82. The van der Waals surface area contributed by atoms with Gasteiger partial charge in [0, 0.05) is 0 Å². The molecular weight excluding hydrogens is 300 g/mol. The van der Waals surface area contributed by atoms with E-state index >= 15 is 0 Å². The smallest absolute Gasteiger partial charge is 0.00575 e. The molecule has 3 aromatic carbocycles. The Morgan fingerprint density at radius 1 is 0.560 bits per heavy atom. The lowest BCUT2D eigenvalue weighted by Crippen LogP contribution is -1.98. The van der Waals surface area contributed by atoms with Gasteiger partial charge in [-0.3, -0.25) is 0 Å². The maximum absolute atomic E-state index is 2.26. The highest BCUT2D eigenvalue weighted by Gasteiger charge is 2.26. The monoisotopic (exact) mass is 318 g/mol. The Labute approximate surface area is 148 Å². The Morgan fingerprint density at radius 3 is 1.76 bits per heavy atom. The van der Waals surface area contributed by atoms with E-state index in [4.69, 9.17) is 0 Å². The summed E-state index contributed by atoms with van der Waals surface area (Å²) in [6.07, 6.45) is 7.67. The first-order valence-electron chi connectivity index (χ1n) is 8.78. The molecule has 0 spiro atoms. The van der Waals surface area contributed by atoms with Crippen LogP contribution in [0, 0.1) is 0 Å². The lowest BCUT2D eigenvalue weighted by molar-refractivity contribution is 1.27. The molecule has 118 valence electrons. The average molecular weight is 318 g/mol. The fourth-order valence-corrected chi connectivity index (χ4v) is 4.03. The van der Waals surface area contributed by atoms with Crippen molar-refractivity contribution in [3.63, 3.8) is 0 Å². The lowest BCUT2D eigenvalue weighted by Gasteiger charge is -2.18. The van der Waals surface area contributed by atoms with Crippen molar-refractivity contribution in [3.05, 3.63) is 119 Å². The summed E-state index contributed by atoms with van der Waals surface area (Å²) < 4.78 is 0. The largest absolute Gasteiger partial charge is 0.0801 e. The number of hydrogen-bond acceptors (Lipinski definition) is 0. The molecular formula is C25H18. The molecule has 0 fully saturated rings. The van der Waals surface area contributed by atoms with E-state index in [1.54, 1.807) is 0 Å². The van der Waals surface area contributed by atoms with Crippen LogP contribution < -0.4 is 0 Å². The first kappa shape index (κ1) is 14.2. The summed E-state index contributed by atoms with van der Waals surface area (Å²) in [6.45, 7) is 0. The first-order valence-corrected chi connectivity index (χ1v) is 8.78. The number of hydrogen-bond donors (Lipinski definition) is 0. The van der Waals surface area contributed by atoms with Crippen LogP contribution in [0.2, 0.25) is 0 Å². The maximum atomic E-state index is 2.26. The fraction of sp³-hybridized carbons (Fsp3) is 0.0400. The molecule has 0 bridgehead atoms. The van der Waals surface area contributed by atoms with Gasteiger partial charge in [0.1, 0.15) is 0 Å². The lowest BCUT2D eigenvalue weighted by atomic mass is 9.85. The third-order valence-electron chi connectivity index (χ3n) is 5.12. The molecule has 0 saturated carbocycles. The predicted octanol–water partition coefficient (Wildman–Crippen LogP) is 6.51. The van der Waals surface area contributed by atoms with Crippen LogP contribution in [0.15, 0.2) is 103 Å². The van der Waals surface area contributed by atoms with Gasteiger partial charge in [0.05, 0.1) is 0 Å². The number of benzene rings is 3. The molecule has 25 heavy (non-hydrogen) atoms. The van der Waals surface area contributed by atoms with E-state index in [1.165, 1.54) is 44.5 Å². The highest BCUT2D eigenvalue weighted by atomic mass is 14.3. The second-order valence-electron chi connectivity index (χ2n) is 6.52. The summed E-state index contributed by atoms with van der Waals surface area (Å²) in [4.78, 5) is 0. The summed E-state index contributed by atoms with van der Waals surface area (Å²) in [7, 11) is 0. The molecule has 2 aliphatic rings. The van der Waals surface area contributed by atoms with Gasteiger partial charge < -0.3 is 0 Å². The molecule has 0 unspecified atom stereocenters. The molecule has 0 aliphatic heterocycles. The van der Waals surface area contributed by atoms with Gasteiger partial charge in [-0.1, -0.05) is 97.1 Å². The zero-order chi connectivity index (χ0) is 16.6. The third kappa shape index (κ3) is 2.22. The summed E-state index contributed by atoms with van der Waals surface area (Å²) in [5.41, 5.74) is 10.9. The summed E-state index contributed by atoms with van der Waals surface area (Å²) in [5.74, 6) is 0. The van der Waals surface area contributed by atoms with Gasteiger partial charge in [0.15, 0.2) is 0 Å². The molecule has 0 N–H and O–H groups in total. The zero-order valence-corrected chi connectivity index (χ0v) is 13.9. The van der Waals surface area contributed by atoms with Gasteiger partial charge in [-0.05, 0) is 51.0 Å². The van der Waals surface area contributed by atoms with Gasteiger partial charge in [-0.15, -0.1) is 0 Å². The molecule has 0 saturated heterocycles. The van der Waals surface area contributed by atoms with Crippen LogP contribution in [0.3, 0.4) is 0 Å². The highest BCUT2D eigenvalue weighted by Crippen LogP contribution is 2.48. The van der Waals surface area contributed by atoms with Crippen LogP contribution in [0.1, 0.15) is 23.1 Å². The van der Waals surface area contributed by atoms with Gasteiger partial charge in [-0.2, -0.15) is 0 Å². The van der Waals surface area contributed by atoms with Crippen molar-refractivity contribution in [3.8, 4) is 11.1 Å². The van der Waals surface area contributed by atoms with E-state index in [1.807, 2.05) is 0 Å². The molecule has 0 nitrogen and oxygen atoms in total. The van der Waals surface area contributed by atoms with E-state index in [-0.39, 0.29) is 0 Å². The standard InChI is InChI=1S/C25H18/c1-2-10-18(11-3-1)19-12-4-7-15-22(19)25-23-16-8-5-13-20(23)21-14-6-9-17-24(21)25/h1-14,16-17H,15H2. The van der Waals surface area contributed by atoms with Crippen LogP contribution in [-0.4, -0.2) is 0 Å². The van der Waals surface area contributed by atoms with E-state index in [9.17, 15) is 0 Å². The van der Waals surface area contributed by atoms with Crippen molar-refractivity contribution < 1.29 is 0 Å². The number of allylic oxidation sites excluding steroid dienone is 5. The Kier molecular flexibility index (Phi) is 3.28.